The normalized spacial score (nSPS) is 13.6. The minimum absolute atomic E-state index is 0.0105. The number of H-pyrrole nitrogens is 1. The van der Waals surface area contributed by atoms with Crippen molar-refractivity contribution in [1.82, 2.24) is 20.5 Å². The van der Waals surface area contributed by atoms with Gasteiger partial charge < -0.3 is 15.6 Å². The van der Waals surface area contributed by atoms with Gasteiger partial charge in [-0.2, -0.15) is 0 Å². The monoisotopic (exact) mass is 368 g/mol. The predicted octanol–water partition coefficient (Wildman–Crippen LogP) is 0.974. The van der Waals surface area contributed by atoms with E-state index >= 15 is 0 Å². The number of carbonyl (C=O) groups excluding carboxylic acids is 3. The van der Waals surface area contributed by atoms with Crippen molar-refractivity contribution in [1.29, 1.82) is 0 Å². The maximum absolute atomic E-state index is 12.4. The van der Waals surface area contributed by atoms with E-state index in [-0.39, 0.29) is 37.0 Å². The fourth-order valence-corrected chi connectivity index (χ4v) is 2.98. The summed E-state index contributed by atoms with van der Waals surface area (Å²) in [6.07, 6.45) is 0. The molecule has 27 heavy (non-hydrogen) atoms. The summed E-state index contributed by atoms with van der Waals surface area (Å²) in [6, 6.07) is 8.10. The molecule has 1 aliphatic heterocycles. The first-order valence-electron chi connectivity index (χ1n) is 8.50. The van der Waals surface area contributed by atoms with Crippen LogP contribution in [0.5, 0.6) is 0 Å². The topological polar surface area (TPSA) is 111 Å². The number of hydrogen-bond acceptors (Lipinski definition) is 4. The van der Waals surface area contributed by atoms with Gasteiger partial charge in [-0.25, -0.2) is 4.79 Å². The van der Waals surface area contributed by atoms with Crippen LogP contribution in [0.3, 0.4) is 0 Å². The number of aromatic amines is 1. The SMILES string of the molecule is Cc1cc(C)c(CNC(=O)c2cccc(CN3C(=O)CNC3=O)c2)c(=O)[nH]1. The molecule has 4 amide bonds. The fourth-order valence-electron chi connectivity index (χ4n) is 2.98. The van der Waals surface area contributed by atoms with Gasteiger partial charge in [-0.3, -0.25) is 19.3 Å². The van der Waals surface area contributed by atoms with Gasteiger partial charge in [-0.05, 0) is 43.2 Å². The van der Waals surface area contributed by atoms with Gasteiger partial charge in [0.15, 0.2) is 0 Å². The third kappa shape index (κ3) is 4.05. The summed E-state index contributed by atoms with van der Waals surface area (Å²) in [6.45, 7) is 3.82. The Hall–Kier alpha value is -3.42. The molecule has 8 nitrogen and oxygen atoms in total. The van der Waals surface area contributed by atoms with E-state index < -0.39 is 6.03 Å². The lowest BCUT2D eigenvalue weighted by Crippen LogP contribution is -2.30. The number of benzene rings is 1. The summed E-state index contributed by atoms with van der Waals surface area (Å²) >= 11 is 0. The zero-order chi connectivity index (χ0) is 19.6. The number of pyridine rings is 1. The highest BCUT2D eigenvalue weighted by Crippen LogP contribution is 2.11. The molecule has 0 saturated carbocycles. The molecule has 0 unspecified atom stereocenters. The van der Waals surface area contributed by atoms with E-state index in [0.717, 1.165) is 16.2 Å². The minimum atomic E-state index is -0.441. The van der Waals surface area contributed by atoms with Crippen molar-refractivity contribution in [2.24, 2.45) is 0 Å². The number of nitrogens with zero attached hydrogens (tertiary/aromatic N) is 1. The van der Waals surface area contributed by atoms with Crippen molar-refractivity contribution >= 4 is 17.8 Å². The molecule has 0 radical (unpaired) electrons. The number of hydrogen-bond donors (Lipinski definition) is 3. The Kier molecular flexibility index (Phi) is 5.07. The minimum Gasteiger partial charge on any atom is -0.348 e. The predicted molar refractivity (Wildman–Crippen MR) is 98.1 cm³/mol. The Morgan fingerprint density at radius 1 is 1.19 bits per heavy atom. The van der Waals surface area contributed by atoms with Crippen LogP contribution in [0, 0.1) is 13.8 Å². The van der Waals surface area contributed by atoms with Gasteiger partial charge in [0.1, 0.15) is 0 Å². The molecule has 2 aromatic rings. The molecule has 8 heteroatoms. The maximum Gasteiger partial charge on any atom is 0.324 e. The van der Waals surface area contributed by atoms with E-state index in [9.17, 15) is 19.2 Å². The molecular formula is C19H20N4O4. The van der Waals surface area contributed by atoms with E-state index in [2.05, 4.69) is 15.6 Å². The Labute approximate surface area is 155 Å². The molecule has 1 aliphatic rings. The van der Waals surface area contributed by atoms with Gasteiger partial charge in [0.05, 0.1) is 13.1 Å². The number of rotatable bonds is 5. The number of carbonyl (C=O) groups is 3. The zero-order valence-corrected chi connectivity index (χ0v) is 15.1. The Bertz CT molecular complexity index is 964. The Morgan fingerprint density at radius 3 is 2.63 bits per heavy atom. The van der Waals surface area contributed by atoms with Crippen molar-refractivity contribution in [3.63, 3.8) is 0 Å². The van der Waals surface area contributed by atoms with Crippen LogP contribution in [-0.4, -0.2) is 34.3 Å². The largest absolute Gasteiger partial charge is 0.348 e. The van der Waals surface area contributed by atoms with E-state index in [4.69, 9.17) is 0 Å². The highest BCUT2D eigenvalue weighted by atomic mass is 16.2. The number of imide groups is 1. The molecule has 3 rings (SSSR count). The molecule has 140 valence electrons. The lowest BCUT2D eigenvalue weighted by molar-refractivity contribution is -0.125. The average molecular weight is 368 g/mol. The summed E-state index contributed by atoms with van der Waals surface area (Å²) in [7, 11) is 0. The van der Waals surface area contributed by atoms with E-state index in [1.165, 1.54) is 0 Å². The van der Waals surface area contributed by atoms with Crippen molar-refractivity contribution in [3.8, 4) is 0 Å². The second kappa shape index (κ2) is 7.45. The van der Waals surface area contributed by atoms with Gasteiger partial charge >= 0.3 is 6.03 Å². The second-order valence-electron chi connectivity index (χ2n) is 6.46. The molecule has 3 N–H and O–H groups in total. The lowest BCUT2D eigenvalue weighted by Gasteiger charge is -2.13. The van der Waals surface area contributed by atoms with Crippen LogP contribution in [0.1, 0.15) is 32.7 Å². The molecule has 1 aromatic heterocycles. The molecule has 1 aromatic carbocycles. The molecule has 2 heterocycles. The van der Waals surface area contributed by atoms with Crippen LogP contribution in [0.15, 0.2) is 35.1 Å². The zero-order valence-electron chi connectivity index (χ0n) is 15.1. The number of amides is 4. The smallest absolute Gasteiger partial charge is 0.324 e. The first-order chi connectivity index (χ1) is 12.8. The molecular weight excluding hydrogens is 348 g/mol. The molecule has 1 fully saturated rings. The number of nitrogens with one attached hydrogen (secondary N) is 3. The molecule has 0 atom stereocenters. The van der Waals surface area contributed by atoms with E-state index in [1.807, 2.05) is 13.0 Å². The van der Waals surface area contributed by atoms with Crippen molar-refractivity contribution in [2.45, 2.75) is 26.9 Å². The van der Waals surface area contributed by atoms with E-state index in [0.29, 0.717) is 16.7 Å². The first kappa shape index (κ1) is 18.4. The summed E-state index contributed by atoms with van der Waals surface area (Å²) in [4.78, 5) is 51.6. The van der Waals surface area contributed by atoms with Gasteiger partial charge in [0.2, 0.25) is 5.91 Å². The van der Waals surface area contributed by atoms with Gasteiger partial charge in [-0.15, -0.1) is 0 Å². The first-order valence-corrected chi connectivity index (χ1v) is 8.50. The number of aryl methyl sites for hydroxylation is 2. The number of aromatic nitrogens is 1. The molecule has 0 aliphatic carbocycles. The quantitative estimate of drug-likeness (QED) is 0.683. The van der Waals surface area contributed by atoms with Gasteiger partial charge in [0, 0.05) is 23.4 Å². The third-order valence-corrected chi connectivity index (χ3v) is 4.39. The third-order valence-electron chi connectivity index (χ3n) is 4.39. The van der Waals surface area contributed by atoms with Crippen molar-refractivity contribution in [3.05, 3.63) is 68.6 Å². The second-order valence-corrected chi connectivity index (χ2v) is 6.46. The summed E-state index contributed by atoms with van der Waals surface area (Å²) in [5.74, 6) is -0.641. The maximum atomic E-state index is 12.4. The molecule has 0 bridgehead atoms. The fraction of sp³-hybridized carbons (Fsp3) is 0.263. The Balaban J connectivity index is 1.70. The van der Waals surface area contributed by atoms with Crippen LogP contribution in [0.2, 0.25) is 0 Å². The van der Waals surface area contributed by atoms with Crippen molar-refractivity contribution in [2.75, 3.05) is 6.54 Å². The Morgan fingerprint density at radius 2 is 1.96 bits per heavy atom. The highest BCUT2D eigenvalue weighted by Gasteiger charge is 2.28. The van der Waals surface area contributed by atoms with Gasteiger partial charge in [-0.1, -0.05) is 12.1 Å². The van der Waals surface area contributed by atoms with Crippen LogP contribution < -0.4 is 16.2 Å². The van der Waals surface area contributed by atoms with Crippen LogP contribution in [-0.2, 0) is 17.9 Å². The van der Waals surface area contributed by atoms with Crippen molar-refractivity contribution < 1.29 is 14.4 Å². The lowest BCUT2D eigenvalue weighted by atomic mass is 10.1. The van der Waals surface area contributed by atoms with Crippen LogP contribution >= 0.6 is 0 Å². The molecule has 0 spiro atoms. The van der Waals surface area contributed by atoms with Crippen LogP contribution in [0.4, 0.5) is 4.79 Å². The number of urea groups is 1. The standard InChI is InChI=1S/C19H20N4O4/c1-11-6-12(2)22-18(26)15(11)8-20-17(25)14-5-3-4-13(7-14)10-23-16(24)9-21-19(23)27/h3-7H,8-10H2,1-2H3,(H,20,25)(H,21,27)(H,22,26). The van der Waals surface area contributed by atoms with E-state index in [1.54, 1.807) is 31.2 Å². The highest BCUT2D eigenvalue weighted by molar-refractivity contribution is 6.02. The average Bonchev–Trinajstić information content (AvgIpc) is 2.93. The van der Waals surface area contributed by atoms with Crippen LogP contribution in [0.25, 0.3) is 0 Å². The summed E-state index contributed by atoms with van der Waals surface area (Å²) in [5, 5.41) is 5.19. The molecule has 1 saturated heterocycles. The summed E-state index contributed by atoms with van der Waals surface area (Å²) < 4.78 is 0. The summed E-state index contributed by atoms with van der Waals surface area (Å²) in [5.41, 5.74) is 2.91. The van der Waals surface area contributed by atoms with Gasteiger partial charge in [0.25, 0.3) is 11.5 Å².